The van der Waals surface area contributed by atoms with E-state index in [1.807, 2.05) is 22.2 Å². The average Bonchev–Trinajstić information content (AvgIpc) is 2.89. The Morgan fingerprint density at radius 1 is 1.50 bits per heavy atom. The molecule has 18 heavy (non-hydrogen) atoms. The van der Waals surface area contributed by atoms with Crippen LogP contribution in [-0.2, 0) is 6.54 Å². The average molecular weight is 262 g/mol. The predicted molar refractivity (Wildman–Crippen MR) is 72.4 cm³/mol. The molecule has 0 amide bonds. The third-order valence-corrected chi connectivity index (χ3v) is 4.30. The lowest BCUT2D eigenvalue weighted by Gasteiger charge is -2.16. The second kappa shape index (κ2) is 5.63. The molecule has 1 atom stereocenters. The molecule has 1 saturated carbocycles. The first-order valence-corrected chi connectivity index (χ1v) is 7.42. The van der Waals surface area contributed by atoms with Gasteiger partial charge in [0, 0.05) is 23.7 Å². The highest BCUT2D eigenvalue weighted by Crippen LogP contribution is 2.42. The molecule has 0 aromatic carbocycles. The molecule has 3 rings (SSSR count). The van der Waals surface area contributed by atoms with Gasteiger partial charge in [-0.1, -0.05) is 11.3 Å². The number of hydrogen-bond acceptors (Lipinski definition) is 4. The van der Waals surface area contributed by atoms with Gasteiger partial charge in [0.15, 0.2) is 0 Å². The Bertz CT molecular complexity index is 447. The van der Waals surface area contributed by atoms with E-state index in [-0.39, 0.29) is 0 Å². The molecule has 0 radical (unpaired) electrons. The molecule has 0 spiro atoms. The van der Waals surface area contributed by atoms with Crippen LogP contribution in [0.2, 0.25) is 0 Å². The summed E-state index contributed by atoms with van der Waals surface area (Å²) >= 11 is 1.87. The van der Waals surface area contributed by atoms with Gasteiger partial charge < -0.3 is 5.32 Å². The molecule has 2 aromatic rings. The van der Waals surface area contributed by atoms with Crippen molar-refractivity contribution in [3.8, 4) is 0 Å². The van der Waals surface area contributed by atoms with Crippen LogP contribution >= 0.6 is 11.3 Å². The van der Waals surface area contributed by atoms with Crippen molar-refractivity contribution < 1.29 is 0 Å². The molecule has 1 fully saturated rings. The Kier molecular flexibility index (Phi) is 3.71. The van der Waals surface area contributed by atoms with Gasteiger partial charge >= 0.3 is 0 Å². The molecule has 0 bridgehead atoms. The first-order valence-electron chi connectivity index (χ1n) is 6.54. The van der Waals surface area contributed by atoms with Crippen molar-refractivity contribution in [2.75, 3.05) is 6.54 Å². The maximum Gasteiger partial charge on any atom is 0.0692 e. The fraction of sp³-hybridized carbons (Fsp3) is 0.538. The topological polar surface area (TPSA) is 42.7 Å². The van der Waals surface area contributed by atoms with Crippen LogP contribution in [0.1, 0.15) is 30.2 Å². The molecule has 2 heterocycles. The predicted octanol–water partition coefficient (Wildman–Crippen LogP) is 2.47. The number of aryl methyl sites for hydroxylation is 1. The van der Waals surface area contributed by atoms with E-state index in [0.717, 1.165) is 25.4 Å². The normalized spacial score (nSPS) is 16.9. The van der Waals surface area contributed by atoms with Crippen LogP contribution in [0.4, 0.5) is 0 Å². The van der Waals surface area contributed by atoms with Crippen molar-refractivity contribution in [3.05, 3.63) is 34.8 Å². The summed E-state index contributed by atoms with van der Waals surface area (Å²) < 4.78 is 1.89. The standard InChI is InChI=1S/C13H18N4S/c1-3-12(18-10-1)13(11-4-5-11)14-6-2-8-17-9-7-15-16-17/h1,3,7,9-11,13-14H,2,4-6,8H2. The summed E-state index contributed by atoms with van der Waals surface area (Å²) in [5.74, 6) is 0.857. The highest BCUT2D eigenvalue weighted by molar-refractivity contribution is 7.10. The van der Waals surface area contributed by atoms with Gasteiger partial charge in [-0.15, -0.1) is 16.4 Å². The van der Waals surface area contributed by atoms with Gasteiger partial charge in [-0.3, -0.25) is 4.68 Å². The van der Waals surface area contributed by atoms with Gasteiger partial charge in [0.25, 0.3) is 0 Å². The van der Waals surface area contributed by atoms with Crippen molar-refractivity contribution in [3.63, 3.8) is 0 Å². The first-order chi connectivity index (χ1) is 8.93. The van der Waals surface area contributed by atoms with Gasteiger partial charge in [-0.2, -0.15) is 0 Å². The Balaban J connectivity index is 1.46. The second-order valence-electron chi connectivity index (χ2n) is 4.80. The Morgan fingerprint density at radius 3 is 3.11 bits per heavy atom. The van der Waals surface area contributed by atoms with Gasteiger partial charge in [0.2, 0.25) is 0 Å². The highest BCUT2D eigenvalue weighted by Gasteiger charge is 2.32. The lowest BCUT2D eigenvalue weighted by Crippen LogP contribution is -2.24. The van der Waals surface area contributed by atoms with E-state index in [2.05, 4.69) is 33.1 Å². The zero-order chi connectivity index (χ0) is 12.2. The fourth-order valence-corrected chi connectivity index (χ4v) is 3.14. The molecule has 2 aromatic heterocycles. The van der Waals surface area contributed by atoms with Gasteiger partial charge in [-0.25, -0.2) is 0 Å². The molecule has 1 aliphatic carbocycles. The quantitative estimate of drug-likeness (QED) is 0.779. The molecule has 0 saturated heterocycles. The summed E-state index contributed by atoms with van der Waals surface area (Å²) in [6.45, 7) is 1.98. The third-order valence-electron chi connectivity index (χ3n) is 3.34. The van der Waals surface area contributed by atoms with Gasteiger partial charge in [0.05, 0.1) is 6.20 Å². The molecule has 1 N–H and O–H groups in total. The van der Waals surface area contributed by atoms with Crippen LogP contribution in [-0.4, -0.2) is 21.5 Å². The lowest BCUT2D eigenvalue weighted by molar-refractivity contribution is 0.456. The summed E-state index contributed by atoms with van der Waals surface area (Å²) in [7, 11) is 0. The van der Waals surface area contributed by atoms with E-state index in [1.165, 1.54) is 17.7 Å². The minimum absolute atomic E-state index is 0.570. The third kappa shape index (κ3) is 2.97. The Morgan fingerprint density at radius 2 is 2.44 bits per heavy atom. The van der Waals surface area contributed by atoms with Gasteiger partial charge in [0.1, 0.15) is 0 Å². The van der Waals surface area contributed by atoms with E-state index < -0.39 is 0 Å². The summed E-state index contributed by atoms with van der Waals surface area (Å²) in [6.07, 6.45) is 7.49. The summed E-state index contributed by atoms with van der Waals surface area (Å²) in [4.78, 5) is 1.48. The molecule has 4 nitrogen and oxygen atoms in total. The number of rotatable bonds is 7. The van der Waals surface area contributed by atoms with Crippen LogP contribution in [0.15, 0.2) is 29.9 Å². The monoisotopic (exact) mass is 262 g/mol. The molecule has 0 aliphatic heterocycles. The molecular formula is C13H18N4S. The SMILES string of the molecule is c1csc(C(NCCCn2ccnn2)C2CC2)c1. The van der Waals surface area contributed by atoms with E-state index in [4.69, 9.17) is 0 Å². The lowest BCUT2D eigenvalue weighted by atomic mass is 10.1. The number of nitrogens with one attached hydrogen (secondary N) is 1. The number of aromatic nitrogens is 3. The van der Waals surface area contributed by atoms with Crippen LogP contribution < -0.4 is 5.32 Å². The Labute approximate surface area is 111 Å². The summed E-state index contributed by atoms with van der Waals surface area (Å²) in [5.41, 5.74) is 0. The van der Waals surface area contributed by atoms with Crippen molar-refractivity contribution >= 4 is 11.3 Å². The zero-order valence-electron chi connectivity index (χ0n) is 10.3. The molecule has 1 aliphatic rings. The van der Waals surface area contributed by atoms with Crippen molar-refractivity contribution in [1.82, 2.24) is 20.3 Å². The molecular weight excluding hydrogens is 244 g/mol. The smallest absolute Gasteiger partial charge is 0.0692 e. The number of thiophene rings is 1. The molecule has 5 heteroatoms. The summed E-state index contributed by atoms with van der Waals surface area (Å²) in [6, 6.07) is 4.96. The minimum atomic E-state index is 0.570. The van der Waals surface area contributed by atoms with E-state index in [0.29, 0.717) is 6.04 Å². The first kappa shape index (κ1) is 11.9. The molecule has 96 valence electrons. The fourth-order valence-electron chi connectivity index (χ4n) is 2.25. The van der Waals surface area contributed by atoms with Crippen LogP contribution in [0.25, 0.3) is 0 Å². The van der Waals surface area contributed by atoms with Crippen molar-refractivity contribution in [1.29, 1.82) is 0 Å². The maximum absolute atomic E-state index is 3.97. The van der Waals surface area contributed by atoms with Crippen molar-refractivity contribution in [2.24, 2.45) is 5.92 Å². The highest BCUT2D eigenvalue weighted by atomic mass is 32.1. The Hall–Kier alpha value is -1.20. The molecule has 1 unspecified atom stereocenters. The van der Waals surface area contributed by atoms with Crippen LogP contribution in [0.5, 0.6) is 0 Å². The van der Waals surface area contributed by atoms with Gasteiger partial charge in [-0.05, 0) is 43.2 Å². The maximum atomic E-state index is 3.97. The van der Waals surface area contributed by atoms with Crippen LogP contribution in [0, 0.1) is 5.92 Å². The zero-order valence-corrected chi connectivity index (χ0v) is 11.1. The largest absolute Gasteiger partial charge is 0.309 e. The second-order valence-corrected chi connectivity index (χ2v) is 5.78. The summed E-state index contributed by atoms with van der Waals surface area (Å²) in [5, 5.41) is 13.6. The van der Waals surface area contributed by atoms with E-state index in [1.54, 1.807) is 6.20 Å². The number of hydrogen-bond donors (Lipinski definition) is 1. The minimum Gasteiger partial charge on any atom is -0.309 e. The van der Waals surface area contributed by atoms with Crippen LogP contribution in [0.3, 0.4) is 0 Å². The van der Waals surface area contributed by atoms with Crippen molar-refractivity contribution in [2.45, 2.75) is 31.8 Å². The van der Waals surface area contributed by atoms with E-state index in [9.17, 15) is 0 Å². The van der Waals surface area contributed by atoms with E-state index >= 15 is 0 Å². The number of nitrogens with zero attached hydrogens (tertiary/aromatic N) is 3.